The molecule has 1 aromatic heterocycles. The summed E-state index contributed by atoms with van der Waals surface area (Å²) in [5.74, 6) is 0.428. The van der Waals surface area contributed by atoms with Gasteiger partial charge in [-0.1, -0.05) is 37.0 Å². The Morgan fingerprint density at radius 1 is 1.26 bits per heavy atom. The molecule has 1 atom stereocenters. The molecule has 0 fully saturated rings. The summed E-state index contributed by atoms with van der Waals surface area (Å²) in [4.78, 5) is 4.68. The molecule has 2 aromatic rings. The van der Waals surface area contributed by atoms with Crippen molar-refractivity contribution in [1.82, 2.24) is 10.3 Å². The van der Waals surface area contributed by atoms with E-state index in [2.05, 4.69) is 29.5 Å². The van der Waals surface area contributed by atoms with Crippen LogP contribution >= 0.6 is 34.5 Å². The molecule has 0 radical (unpaired) electrons. The summed E-state index contributed by atoms with van der Waals surface area (Å²) in [6, 6.07) is 5.48. The van der Waals surface area contributed by atoms with Crippen LogP contribution in [-0.4, -0.2) is 12.0 Å². The minimum atomic E-state index is -0.0244. The molecule has 1 unspecified atom stereocenters. The van der Waals surface area contributed by atoms with E-state index in [1.54, 1.807) is 17.4 Å². The average molecular weight is 315 g/mol. The first-order valence-corrected chi connectivity index (χ1v) is 7.74. The lowest BCUT2D eigenvalue weighted by Gasteiger charge is -2.16. The van der Waals surface area contributed by atoms with Crippen LogP contribution in [0.4, 0.5) is 0 Å². The summed E-state index contributed by atoms with van der Waals surface area (Å²) < 4.78 is 0. The molecular weight excluding hydrogens is 299 g/mol. The van der Waals surface area contributed by atoms with E-state index >= 15 is 0 Å². The molecule has 0 aliphatic rings. The molecule has 0 aliphatic heterocycles. The van der Waals surface area contributed by atoms with Crippen molar-refractivity contribution < 1.29 is 0 Å². The zero-order valence-corrected chi connectivity index (χ0v) is 13.4. The maximum Gasteiger partial charge on any atom is 0.114 e. The Morgan fingerprint density at radius 3 is 2.58 bits per heavy atom. The maximum absolute atomic E-state index is 6.27. The summed E-state index contributed by atoms with van der Waals surface area (Å²) in [5, 5.41) is 7.75. The van der Waals surface area contributed by atoms with Crippen LogP contribution in [0.5, 0.6) is 0 Å². The second kappa shape index (κ2) is 6.23. The van der Waals surface area contributed by atoms with Gasteiger partial charge in [0.2, 0.25) is 0 Å². The molecule has 0 saturated heterocycles. The van der Waals surface area contributed by atoms with Gasteiger partial charge in [-0.3, -0.25) is 0 Å². The number of aromatic nitrogens is 1. The van der Waals surface area contributed by atoms with Crippen molar-refractivity contribution in [3.63, 3.8) is 0 Å². The first-order valence-electron chi connectivity index (χ1n) is 6.10. The lowest BCUT2D eigenvalue weighted by molar-refractivity contribution is 0.679. The van der Waals surface area contributed by atoms with Gasteiger partial charge in [0, 0.05) is 15.4 Å². The predicted octanol–water partition coefficient (Wildman–Crippen LogP) is 4.88. The fraction of sp³-hybridized carbons (Fsp3) is 0.357. The third kappa shape index (κ3) is 3.29. The van der Waals surface area contributed by atoms with Gasteiger partial charge in [-0.05, 0) is 36.7 Å². The second-order valence-corrected chi connectivity index (χ2v) is 6.39. The number of halogens is 2. The van der Waals surface area contributed by atoms with Crippen LogP contribution in [0, 0.1) is 0 Å². The van der Waals surface area contributed by atoms with E-state index in [9.17, 15) is 0 Å². The first-order chi connectivity index (χ1) is 9.02. The summed E-state index contributed by atoms with van der Waals surface area (Å²) in [7, 11) is 1.90. The van der Waals surface area contributed by atoms with Crippen LogP contribution < -0.4 is 5.32 Å². The highest BCUT2D eigenvalue weighted by Crippen LogP contribution is 2.32. The van der Waals surface area contributed by atoms with Crippen molar-refractivity contribution in [1.29, 1.82) is 0 Å². The zero-order valence-electron chi connectivity index (χ0n) is 11.1. The standard InChI is InChI=1S/C14H16Cl2N2S/c1-8(2)12-7-19-14(18-12)13(17-3)10-6-9(15)4-5-11(10)16/h4-8,13,17H,1-3H3. The van der Waals surface area contributed by atoms with Crippen LogP contribution in [0.25, 0.3) is 0 Å². The molecule has 2 rings (SSSR count). The van der Waals surface area contributed by atoms with Gasteiger partial charge in [-0.2, -0.15) is 0 Å². The Kier molecular flexibility index (Phi) is 4.85. The van der Waals surface area contributed by atoms with Crippen molar-refractivity contribution in [3.05, 3.63) is 49.9 Å². The van der Waals surface area contributed by atoms with E-state index in [0.717, 1.165) is 16.3 Å². The summed E-state index contributed by atoms with van der Waals surface area (Å²) >= 11 is 14.0. The average Bonchev–Trinajstić information content (AvgIpc) is 2.84. The fourth-order valence-electron chi connectivity index (χ4n) is 1.85. The maximum atomic E-state index is 6.27. The number of hydrogen-bond acceptors (Lipinski definition) is 3. The number of nitrogens with zero attached hydrogens (tertiary/aromatic N) is 1. The predicted molar refractivity (Wildman–Crippen MR) is 83.6 cm³/mol. The van der Waals surface area contributed by atoms with Crippen molar-refractivity contribution in [2.45, 2.75) is 25.8 Å². The van der Waals surface area contributed by atoms with E-state index in [1.807, 2.05) is 19.2 Å². The zero-order chi connectivity index (χ0) is 14.0. The highest BCUT2D eigenvalue weighted by atomic mass is 35.5. The largest absolute Gasteiger partial charge is 0.307 e. The molecule has 1 N–H and O–H groups in total. The lowest BCUT2D eigenvalue weighted by atomic mass is 10.1. The van der Waals surface area contributed by atoms with Crippen LogP contribution in [0.3, 0.4) is 0 Å². The molecule has 2 nitrogen and oxygen atoms in total. The number of thiazole rings is 1. The third-order valence-electron chi connectivity index (χ3n) is 2.94. The number of nitrogens with one attached hydrogen (secondary N) is 1. The topological polar surface area (TPSA) is 24.9 Å². The van der Waals surface area contributed by atoms with Crippen molar-refractivity contribution in [3.8, 4) is 0 Å². The lowest BCUT2D eigenvalue weighted by Crippen LogP contribution is -2.18. The van der Waals surface area contributed by atoms with Crippen molar-refractivity contribution in [2.75, 3.05) is 7.05 Å². The number of benzene rings is 1. The van der Waals surface area contributed by atoms with Gasteiger partial charge >= 0.3 is 0 Å². The minimum Gasteiger partial charge on any atom is -0.307 e. The first kappa shape index (κ1) is 14.8. The molecule has 0 aliphatic carbocycles. The summed E-state index contributed by atoms with van der Waals surface area (Å²) in [5.41, 5.74) is 2.07. The summed E-state index contributed by atoms with van der Waals surface area (Å²) in [6.07, 6.45) is 0. The molecule has 0 amide bonds. The smallest absolute Gasteiger partial charge is 0.114 e. The van der Waals surface area contributed by atoms with E-state index < -0.39 is 0 Å². The van der Waals surface area contributed by atoms with Gasteiger partial charge in [0.25, 0.3) is 0 Å². The van der Waals surface area contributed by atoms with Crippen LogP contribution in [-0.2, 0) is 0 Å². The Morgan fingerprint density at radius 2 is 2.00 bits per heavy atom. The molecule has 0 spiro atoms. The van der Waals surface area contributed by atoms with E-state index in [1.165, 1.54) is 0 Å². The second-order valence-electron chi connectivity index (χ2n) is 4.65. The highest BCUT2D eigenvalue weighted by molar-refractivity contribution is 7.09. The van der Waals surface area contributed by atoms with Gasteiger partial charge in [0.1, 0.15) is 5.01 Å². The summed E-state index contributed by atoms with van der Waals surface area (Å²) in [6.45, 7) is 4.28. The van der Waals surface area contributed by atoms with Crippen LogP contribution in [0.2, 0.25) is 10.0 Å². The van der Waals surface area contributed by atoms with Crippen molar-refractivity contribution >= 4 is 34.5 Å². The van der Waals surface area contributed by atoms with Crippen molar-refractivity contribution in [2.24, 2.45) is 0 Å². The normalized spacial score (nSPS) is 12.9. The molecule has 19 heavy (non-hydrogen) atoms. The number of hydrogen-bond donors (Lipinski definition) is 1. The van der Waals surface area contributed by atoms with Gasteiger partial charge < -0.3 is 5.32 Å². The fourth-order valence-corrected chi connectivity index (χ4v) is 3.36. The van der Waals surface area contributed by atoms with Gasteiger partial charge in [0.05, 0.1) is 11.7 Å². The SMILES string of the molecule is CNC(c1nc(C(C)C)cs1)c1cc(Cl)ccc1Cl. The Labute approximate surface area is 127 Å². The molecule has 0 bridgehead atoms. The van der Waals surface area contributed by atoms with Gasteiger partial charge in [0.15, 0.2) is 0 Å². The Balaban J connectivity index is 2.40. The molecular formula is C14H16Cl2N2S. The van der Waals surface area contributed by atoms with Crippen LogP contribution in [0.15, 0.2) is 23.6 Å². The molecule has 1 aromatic carbocycles. The monoisotopic (exact) mass is 314 g/mol. The molecule has 0 saturated carbocycles. The Hall–Kier alpha value is -0.610. The minimum absolute atomic E-state index is 0.0244. The van der Waals surface area contributed by atoms with E-state index in [4.69, 9.17) is 23.2 Å². The van der Waals surface area contributed by atoms with E-state index in [-0.39, 0.29) is 6.04 Å². The quantitative estimate of drug-likeness (QED) is 0.869. The highest BCUT2D eigenvalue weighted by Gasteiger charge is 2.19. The van der Waals surface area contributed by atoms with Gasteiger partial charge in [-0.15, -0.1) is 11.3 Å². The molecule has 5 heteroatoms. The Bertz CT molecular complexity index is 566. The number of rotatable bonds is 4. The van der Waals surface area contributed by atoms with E-state index in [0.29, 0.717) is 16.0 Å². The van der Waals surface area contributed by atoms with Crippen LogP contribution in [0.1, 0.15) is 42.1 Å². The van der Waals surface area contributed by atoms with Gasteiger partial charge in [-0.25, -0.2) is 4.98 Å². The molecule has 102 valence electrons. The third-order valence-corrected chi connectivity index (χ3v) is 4.44. The molecule has 1 heterocycles.